The number of anilines is 1. The van der Waals surface area contributed by atoms with Crippen LogP contribution in [0, 0.1) is 11.3 Å². The lowest BCUT2D eigenvalue weighted by molar-refractivity contribution is -0.00372. The minimum Gasteiger partial charge on any atom is -0.465 e. The summed E-state index contributed by atoms with van der Waals surface area (Å²) >= 11 is 5.70. The first kappa shape index (κ1) is 14.4. The zero-order chi connectivity index (χ0) is 14.9. The van der Waals surface area contributed by atoms with Gasteiger partial charge in [0, 0.05) is 19.6 Å². The minimum absolute atomic E-state index is 0.379. The zero-order valence-electron chi connectivity index (χ0n) is 11.8. The number of aromatic nitrogens is 2. The molecule has 6 nitrogen and oxygen atoms in total. The predicted molar refractivity (Wildman–Crippen MR) is 79.5 cm³/mol. The number of carbonyl (C=O) groups is 1. The van der Waals surface area contributed by atoms with E-state index in [1.54, 1.807) is 6.07 Å². The van der Waals surface area contributed by atoms with Crippen molar-refractivity contribution in [1.29, 1.82) is 0 Å². The number of piperidine rings is 1. The van der Waals surface area contributed by atoms with Gasteiger partial charge in [-0.05, 0) is 49.1 Å². The quantitative estimate of drug-likeness (QED) is 0.897. The van der Waals surface area contributed by atoms with Gasteiger partial charge in [0.1, 0.15) is 5.82 Å². The molecule has 114 valence electrons. The summed E-state index contributed by atoms with van der Waals surface area (Å²) in [7, 11) is 0. The molecule has 1 saturated carbocycles. The van der Waals surface area contributed by atoms with Crippen molar-refractivity contribution < 1.29 is 9.90 Å². The van der Waals surface area contributed by atoms with Gasteiger partial charge in [0.25, 0.3) is 0 Å². The summed E-state index contributed by atoms with van der Waals surface area (Å²) in [5.41, 5.74) is 0.379. The highest BCUT2D eigenvalue weighted by atomic mass is 35.5. The number of halogens is 1. The molecule has 2 heterocycles. The number of hydrogen-bond donors (Lipinski definition) is 2. The highest BCUT2D eigenvalue weighted by Gasteiger charge is 2.45. The van der Waals surface area contributed by atoms with Crippen LogP contribution in [0.4, 0.5) is 10.6 Å². The first-order valence-electron chi connectivity index (χ1n) is 7.27. The summed E-state index contributed by atoms with van der Waals surface area (Å²) in [6, 6.07) is 3.55. The van der Waals surface area contributed by atoms with Crippen LogP contribution in [-0.4, -0.2) is 45.9 Å². The Kier molecular flexibility index (Phi) is 3.89. The SMILES string of the molecule is O=C(O)N1CCC2(CC1)CC(CNc1ccc(Cl)nn1)C2. The van der Waals surface area contributed by atoms with Crippen LogP contribution in [0.5, 0.6) is 0 Å². The maximum Gasteiger partial charge on any atom is 0.407 e. The van der Waals surface area contributed by atoms with Gasteiger partial charge in [0.05, 0.1) is 0 Å². The summed E-state index contributed by atoms with van der Waals surface area (Å²) < 4.78 is 0. The van der Waals surface area contributed by atoms with E-state index in [0.29, 0.717) is 29.6 Å². The second-order valence-corrected chi connectivity index (χ2v) is 6.55. The predicted octanol–water partition coefficient (Wildman–Crippen LogP) is 2.71. The topological polar surface area (TPSA) is 78.4 Å². The summed E-state index contributed by atoms with van der Waals surface area (Å²) in [6.45, 7) is 2.25. The van der Waals surface area contributed by atoms with Crippen LogP contribution in [0.25, 0.3) is 0 Å². The summed E-state index contributed by atoms with van der Waals surface area (Å²) in [6.07, 6.45) is 3.56. The molecule has 1 aromatic heterocycles. The summed E-state index contributed by atoms with van der Waals surface area (Å²) in [4.78, 5) is 12.4. The second-order valence-electron chi connectivity index (χ2n) is 6.17. The van der Waals surface area contributed by atoms with Crippen LogP contribution in [-0.2, 0) is 0 Å². The lowest BCUT2D eigenvalue weighted by Gasteiger charge is -2.52. The minimum atomic E-state index is -0.788. The third-order valence-corrected chi connectivity index (χ3v) is 4.94. The molecule has 0 atom stereocenters. The Morgan fingerprint density at radius 1 is 1.38 bits per heavy atom. The highest BCUT2D eigenvalue weighted by molar-refractivity contribution is 6.29. The first-order chi connectivity index (χ1) is 10.1. The number of nitrogens with zero attached hydrogens (tertiary/aromatic N) is 3. The molecule has 1 aliphatic heterocycles. The third kappa shape index (κ3) is 3.20. The Morgan fingerprint density at radius 3 is 2.67 bits per heavy atom. The standard InChI is InChI=1S/C14H19ClN4O2/c15-11-1-2-12(18-17-11)16-9-10-7-14(8-10)3-5-19(6-4-14)13(20)21/h1-2,10H,3-9H2,(H,16,18)(H,20,21). The van der Waals surface area contributed by atoms with Crippen LogP contribution in [0.1, 0.15) is 25.7 Å². The van der Waals surface area contributed by atoms with Crippen LogP contribution in [0.15, 0.2) is 12.1 Å². The van der Waals surface area contributed by atoms with Crippen molar-refractivity contribution in [2.24, 2.45) is 11.3 Å². The molecule has 7 heteroatoms. The van der Waals surface area contributed by atoms with Crippen molar-refractivity contribution in [1.82, 2.24) is 15.1 Å². The normalized spacial score (nSPS) is 21.1. The molecule has 2 aliphatic rings. The Balaban J connectivity index is 1.42. The van der Waals surface area contributed by atoms with Crippen LogP contribution < -0.4 is 5.32 Å². The number of hydrogen-bond acceptors (Lipinski definition) is 4. The van der Waals surface area contributed by atoms with E-state index >= 15 is 0 Å². The van der Waals surface area contributed by atoms with Gasteiger partial charge < -0.3 is 15.3 Å². The third-order valence-electron chi connectivity index (χ3n) is 4.74. The van der Waals surface area contributed by atoms with E-state index in [0.717, 1.165) is 25.2 Å². The van der Waals surface area contributed by atoms with Gasteiger partial charge in [-0.1, -0.05) is 11.6 Å². The molecule has 1 spiro atoms. The largest absolute Gasteiger partial charge is 0.465 e. The van der Waals surface area contributed by atoms with Crippen molar-refractivity contribution in [3.8, 4) is 0 Å². The first-order valence-corrected chi connectivity index (χ1v) is 7.65. The van der Waals surface area contributed by atoms with Crippen molar-refractivity contribution in [3.63, 3.8) is 0 Å². The Bertz CT molecular complexity index is 506. The van der Waals surface area contributed by atoms with Gasteiger partial charge in [-0.15, -0.1) is 10.2 Å². The average Bonchev–Trinajstić information content (AvgIpc) is 2.45. The van der Waals surface area contributed by atoms with E-state index in [1.165, 1.54) is 17.7 Å². The zero-order valence-corrected chi connectivity index (χ0v) is 12.5. The molecular weight excluding hydrogens is 292 g/mol. The molecule has 0 radical (unpaired) electrons. The van der Waals surface area contributed by atoms with Crippen molar-refractivity contribution in [3.05, 3.63) is 17.3 Å². The fourth-order valence-electron chi connectivity index (χ4n) is 3.55. The summed E-state index contributed by atoms with van der Waals surface area (Å²) in [5, 5.41) is 20.4. The fourth-order valence-corrected chi connectivity index (χ4v) is 3.65. The monoisotopic (exact) mass is 310 g/mol. The van der Waals surface area contributed by atoms with Gasteiger partial charge in [-0.25, -0.2) is 4.79 Å². The van der Waals surface area contributed by atoms with E-state index in [2.05, 4.69) is 15.5 Å². The molecule has 1 saturated heterocycles. The molecule has 3 rings (SSSR count). The number of nitrogens with one attached hydrogen (secondary N) is 1. The number of likely N-dealkylation sites (tertiary alicyclic amines) is 1. The Morgan fingerprint density at radius 2 is 2.10 bits per heavy atom. The fraction of sp³-hybridized carbons (Fsp3) is 0.643. The molecular formula is C14H19ClN4O2. The second kappa shape index (κ2) is 5.67. The molecule has 0 aromatic carbocycles. The van der Waals surface area contributed by atoms with Gasteiger partial charge in [-0.3, -0.25) is 0 Å². The number of amides is 1. The molecule has 0 unspecified atom stereocenters. The highest BCUT2D eigenvalue weighted by Crippen LogP contribution is 2.52. The Hall–Kier alpha value is -1.56. The molecule has 2 fully saturated rings. The van der Waals surface area contributed by atoms with Crippen molar-refractivity contribution in [2.45, 2.75) is 25.7 Å². The Labute approximate surface area is 128 Å². The van der Waals surface area contributed by atoms with Crippen LogP contribution >= 0.6 is 11.6 Å². The smallest absolute Gasteiger partial charge is 0.407 e. The molecule has 2 N–H and O–H groups in total. The van der Waals surface area contributed by atoms with Gasteiger partial charge in [0.15, 0.2) is 5.15 Å². The summed E-state index contributed by atoms with van der Waals surface area (Å²) in [5.74, 6) is 1.39. The lowest BCUT2D eigenvalue weighted by atomic mass is 9.57. The average molecular weight is 311 g/mol. The van der Waals surface area contributed by atoms with Crippen molar-refractivity contribution in [2.75, 3.05) is 25.0 Å². The molecule has 1 aromatic rings. The molecule has 1 aliphatic carbocycles. The maximum absolute atomic E-state index is 10.9. The van der Waals surface area contributed by atoms with E-state index in [1.807, 2.05) is 6.07 Å². The number of rotatable bonds is 3. The van der Waals surface area contributed by atoms with E-state index in [-0.39, 0.29) is 0 Å². The molecule has 1 amide bonds. The van der Waals surface area contributed by atoms with E-state index < -0.39 is 6.09 Å². The van der Waals surface area contributed by atoms with E-state index in [9.17, 15) is 4.79 Å². The maximum atomic E-state index is 10.9. The molecule has 21 heavy (non-hydrogen) atoms. The van der Waals surface area contributed by atoms with Crippen molar-refractivity contribution >= 4 is 23.5 Å². The van der Waals surface area contributed by atoms with Crippen LogP contribution in [0.3, 0.4) is 0 Å². The lowest BCUT2D eigenvalue weighted by Crippen LogP contribution is -2.49. The number of carboxylic acid groups (broad SMARTS) is 1. The molecule has 0 bridgehead atoms. The van der Waals surface area contributed by atoms with Crippen LogP contribution in [0.2, 0.25) is 5.15 Å². The van der Waals surface area contributed by atoms with Gasteiger partial charge in [0.2, 0.25) is 0 Å². The van der Waals surface area contributed by atoms with E-state index in [4.69, 9.17) is 16.7 Å². The van der Waals surface area contributed by atoms with Gasteiger partial charge in [-0.2, -0.15) is 0 Å². The van der Waals surface area contributed by atoms with Gasteiger partial charge >= 0.3 is 6.09 Å².